The Morgan fingerprint density at radius 2 is 2.00 bits per heavy atom. The molecule has 3 N–H and O–H groups in total. The average molecular weight is 276 g/mol. The standard InChI is InChI=1S/C13H10ClN3S/c14-9-5-2-1-4-8(9)12-11(13(15)17-16-12)10-6-3-7-18-10/h1-7H,(H3,15,16,17). The first-order valence-corrected chi connectivity index (χ1v) is 6.66. The number of hydrogen-bond donors (Lipinski definition) is 2. The molecule has 3 rings (SSSR count). The Morgan fingerprint density at radius 1 is 1.17 bits per heavy atom. The van der Waals surface area contributed by atoms with Crippen molar-refractivity contribution in [3.63, 3.8) is 0 Å². The highest BCUT2D eigenvalue weighted by Crippen LogP contribution is 2.39. The molecule has 0 radical (unpaired) electrons. The molecule has 0 saturated carbocycles. The number of anilines is 1. The average Bonchev–Trinajstić information content (AvgIpc) is 2.98. The molecule has 0 fully saturated rings. The summed E-state index contributed by atoms with van der Waals surface area (Å²) in [5.41, 5.74) is 8.63. The van der Waals surface area contributed by atoms with Crippen molar-refractivity contribution in [2.75, 3.05) is 5.73 Å². The van der Waals surface area contributed by atoms with E-state index < -0.39 is 0 Å². The summed E-state index contributed by atoms with van der Waals surface area (Å²) < 4.78 is 0. The predicted molar refractivity (Wildman–Crippen MR) is 76.8 cm³/mol. The summed E-state index contributed by atoms with van der Waals surface area (Å²) in [6, 6.07) is 11.7. The Bertz CT molecular complexity index is 673. The van der Waals surface area contributed by atoms with Crippen LogP contribution >= 0.6 is 22.9 Å². The van der Waals surface area contributed by atoms with Crippen LogP contribution < -0.4 is 5.73 Å². The smallest absolute Gasteiger partial charge is 0.154 e. The predicted octanol–water partition coefficient (Wildman–Crippen LogP) is 4.04. The molecule has 0 aliphatic heterocycles. The molecule has 0 saturated heterocycles. The third kappa shape index (κ3) is 1.79. The van der Waals surface area contributed by atoms with E-state index in [0.29, 0.717) is 10.8 Å². The Hall–Kier alpha value is -1.78. The van der Waals surface area contributed by atoms with Gasteiger partial charge in [0.2, 0.25) is 0 Å². The lowest BCUT2D eigenvalue weighted by atomic mass is 10.1. The molecule has 0 amide bonds. The summed E-state index contributed by atoms with van der Waals surface area (Å²) in [4.78, 5) is 1.08. The third-order valence-electron chi connectivity index (χ3n) is 2.71. The number of H-pyrrole nitrogens is 1. The van der Waals surface area contributed by atoms with Crippen LogP contribution in [-0.4, -0.2) is 10.2 Å². The SMILES string of the molecule is Nc1n[nH]c(-c2ccccc2Cl)c1-c1cccs1. The van der Waals surface area contributed by atoms with Gasteiger partial charge in [-0.05, 0) is 17.5 Å². The highest BCUT2D eigenvalue weighted by atomic mass is 35.5. The topological polar surface area (TPSA) is 54.7 Å². The second-order valence-corrected chi connectivity index (χ2v) is 5.17. The van der Waals surface area contributed by atoms with Gasteiger partial charge in [0.1, 0.15) is 0 Å². The monoisotopic (exact) mass is 275 g/mol. The van der Waals surface area contributed by atoms with Crippen molar-refractivity contribution < 1.29 is 0 Å². The maximum atomic E-state index is 6.22. The summed E-state index contributed by atoms with van der Waals surface area (Å²) in [5.74, 6) is 0.493. The molecule has 1 aromatic carbocycles. The van der Waals surface area contributed by atoms with Gasteiger partial charge in [-0.15, -0.1) is 11.3 Å². The number of aromatic nitrogens is 2. The normalized spacial score (nSPS) is 10.7. The molecule has 3 nitrogen and oxygen atoms in total. The van der Waals surface area contributed by atoms with Crippen LogP contribution in [0.4, 0.5) is 5.82 Å². The van der Waals surface area contributed by atoms with E-state index in [-0.39, 0.29) is 0 Å². The van der Waals surface area contributed by atoms with Gasteiger partial charge in [0.25, 0.3) is 0 Å². The first kappa shape index (κ1) is 11.3. The lowest BCUT2D eigenvalue weighted by Gasteiger charge is -2.04. The van der Waals surface area contributed by atoms with Crippen LogP contribution in [0.2, 0.25) is 5.02 Å². The molecular formula is C13H10ClN3S. The number of halogens is 1. The van der Waals surface area contributed by atoms with Crippen LogP contribution in [0.5, 0.6) is 0 Å². The first-order chi connectivity index (χ1) is 8.77. The van der Waals surface area contributed by atoms with E-state index in [4.69, 9.17) is 17.3 Å². The van der Waals surface area contributed by atoms with Gasteiger partial charge in [0.05, 0.1) is 11.3 Å². The maximum absolute atomic E-state index is 6.22. The van der Waals surface area contributed by atoms with Gasteiger partial charge in [0.15, 0.2) is 5.82 Å². The second kappa shape index (κ2) is 4.48. The number of nitrogens with two attached hydrogens (primary N) is 1. The fourth-order valence-corrected chi connectivity index (χ4v) is 2.90. The lowest BCUT2D eigenvalue weighted by molar-refractivity contribution is 1.10. The van der Waals surface area contributed by atoms with Crippen molar-refractivity contribution in [3.8, 4) is 21.7 Å². The molecule has 0 bridgehead atoms. The highest BCUT2D eigenvalue weighted by molar-refractivity contribution is 7.13. The minimum Gasteiger partial charge on any atom is -0.382 e. The summed E-state index contributed by atoms with van der Waals surface area (Å²) in [6.07, 6.45) is 0. The number of aromatic amines is 1. The second-order valence-electron chi connectivity index (χ2n) is 3.82. The van der Waals surface area contributed by atoms with Gasteiger partial charge in [0, 0.05) is 15.5 Å². The molecule has 5 heteroatoms. The van der Waals surface area contributed by atoms with Crippen LogP contribution in [0.1, 0.15) is 0 Å². The van der Waals surface area contributed by atoms with Crippen molar-refractivity contribution in [1.29, 1.82) is 0 Å². The zero-order valence-electron chi connectivity index (χ0n) is 9.35. The quantitative estimate of drug-likeness (QED) is 0.741. The molecule has 90 valence electrons. The molecule has 0 spiro atoms. The molecule has 0 aliphatic rings. The van der Waals surface area contributed by atoms with E-state index in [1.165, 1.54) is 0 Å². The molecule has 3 aromatic rings. The van der Waals surface area contributed by atoms with Gasteiger partial charge >= 0.3 is 0 Å². The number of nitrogens with zero attached hydrogens (tertiary/aromatic N) is 1. The van der Waals surface area contributed by atoms with E-state index in [2.05, 4.69) is 10.2 Å². The highest BCUT2D eigenvalue weighted by Gasteiger charge is 2.16. The van der Waals surface area contributed by atoms with Crippen LogP contribution in [0.25, 0.3) is 21.7 Å². The molecule has 0 atom stereocenters. The van der Waals surface area contributed by atoms with Crippen LogP contribution in [0.15, 0.2) is 41.8 Å². The molecule has 2 aromatic heterocycles. The Morgan fingerprint density at radius 3 is 2.72 bits per heavy atom. The van der Waals surface area contributed by atoms with Gasteiger partial charge in [-0.1, -0.05) is 35.9 Å². The van der Waals surface area contributed by atoms with Crippen molar-refractivity contribution in [2.45, 2.75) is 0 Å². The van der Waals surface area contributed by atoms with Gasteiger partial charge in [-0.25, -0.2) is 0 Å². The van der Waals surface area contributed by atoms with Gasteiger partial charge in [-0.3, -0.25) is 5.10 Å². The zero-order chi connectivity index (χ0) is 12.5. The van der Waals surface area contributed by atoms with Crippen LogP contribution in [0, 0.1) is 0 Å². The van der Waals surface area contributed by atoms with Crippen molar-refractivity contribution in [2.24, 2.45) is 0 Å². The third-order valence-corrected chi connectivity index (χ3v) is 3.92. The summed E-state index contributed by atoms with van der Waals surface area (Å²) >= 11 is 7.84. The first-order valence-electron chi connectivity index (χ1n) is 5.40. The fraction of sp³-hybridized carbons (Fsp3) is 0. The Balaban J connectivity index is 2.23. The number of thiophene rings is 1. The Kier molecular flexibility index (Phi) is 2.81. The van der Waals surface area contributed by atoms with E-state index in [1.807, 2.05) is 41.8 Å². The fourth-order valence-electron chi connectivity index (χ4n) is 1.89. The van der Waals surface area contributed by atoms with Crippen molar-refractivity contribution >= 4 is 28.8 Å². The summed E-state index contributed by atoms with van der Waals surface area (Å²) in [7, 11) is 0. The number of hydrogen-bond acceptors (Lipinski definition) is 3. The zero-order valence-corrected chi connectivity index (χ0v) is 10.9. The molecule has 2 heterocycles. The molecular weight excluding hydrogens is 266 g/mol. The minimum absolute atomic E-state index is 0.493. The van der Waals surface area contributed by atoms with Crippen molar-refractivity contribution in [1.82, 2.24) is 10.2 Å². The van der Waals surface area contributed by atoms with Crippen molar-refractivity contribution in [3.05, 3.63) is 46.8 Å². The lowest BCUT2D eigenvalue weighted by Crippen LogP contribution is -1.87. The Labute approximate surface area is 113 Å². The maximum Gasteiger partial charge on any atom is 0.154 e. The largest absolute Gasteiger partial charge is 0.382 e. The molecule has 0 aliphatic carbocycles. The van der Waals surface area contributed by atoms with E-state index >= 15 is 0 Å². The van der Waals surface area contributed by atoms with E-state index in [1.54, 1.807) is 11.3 Å². The van der Waals surface area contributed by atoms with E-state index in [0.717, 1.165) is 21.7 Å². The number of benzene rings is 1. The van der Waals surface area contributed by atoms with Crippen LogP contribution in [-0.2, 0) is 0 Å². The summed E-state index contributed by atoms with van der Waals surface area (Å²) in [5, 5.41) is 9.75. The van der Waals surface area contributed by atoms with E-state index in [9.17, 15) is 0 Å². The van der Waals surface area contributed by atoms with Gasteiger partial charge < -0.3 is 5.73 Å². The molecule has 18 heavy (non-hydrogen) atoms. The summed E-state index contributed by atoms with van der Waals surface area (Å²) in [6.45, 7) is 0. The minimum atomic E-state index is 0.493. The number of nitrogens with one attached hydrogen (secondary N) is 1. The number of rotatable bonds is 2. The molecule has 0 unspecified atom stereocenters. The van der Waals surface area contributed by atoms with Crippen LogP contribution in [0.3, 0.4) is 0 Å². The van der Waals surface area contributed by atoms with Gasteiger partial charge in [-0.2, -0.15) is 5.10 Å². The number of nitrogen functional groups attached to an aromatic ring is 1.